The quantitative estimate of drug-likeness (QED) is 0.805. The second-order valence-electron chi connectivity index (χ2n) is 3.81. The second kappa shape index (κ2) is 5.63. The van der Waals surface area contributed by atoms with Crippen molar-refractivity contribution in [2.75, 3.05) is 7.11 Å². The van der Waals surface area contributed by atoms with Gasteiger partial charge in [-0.1, -0.05) is 6.07 Å². The molecule has 0 bridgehead atoms. The van der Waals surface area contributed by atoms with Gasteiger partial charge < -0.3 is 4.74 Å². The van der Waals surface area contributed by atoms with E-state index in [2.05, 4.69) is 20.9 Å². The van der Waals surface area contributed by atoms with Crippen molar-refractivity contribution in [2.24, 2.45) is 0 Å². The van der Waals surface area contributed by atoms with Crippen molar-refractivity contribution in [3.8, 4) is 5.75 Å². The molecule has 0 unspecified atom stereocenters. The molecule has 2 rings (SSSR count). The number of Topliss-reactive ketones (excluding diaryl/α,β-unsaturated/α-hetero) is 1. The van der Waals surface area contributed by atoms with Gasteiger partial charge in [0.2, 0.25) is 0 Å². The molecule has 3 nitrogen and oxygen atoms in total. The number of ketones is 1. The monoisotopic (exact) mass is 325 g/mol. The van der Waals surface area contributed by atoms with Crippen LogP contribution in [0.4, 0.5) is 0 Å². The average molecular weight is 326 g/mol. The Morgan fingerprint density at radius 3 is 2.83 bits per heavy atom. The van der Waals surface area contributed by atoms with Gasteiger partial charge in [-0.2, -0.15) is 0 Å². The third-order valence-electron chi connectivity index (χ3n) is 2.48. The summed E-state index contributed by atoms with van der Waals surface area (Å²) >= 11 is 4.84. The first-order valence-electron chi connectivity index (χ1n) is 5.38. The minimum Gasteiger partial charge on any atom is -0.496 e. The summed E-state index contributed by atoms with van der Waals surface area (Å²) in [7, 11) is 1.62. The molecule has 0 radical (unpaired) electrons. The van der Waals surface area contributed by atoms with Gasteiger partial charge in [-0.3, -0.25) is 4.79 Å². The molecule has 0 atom stereocenters. The van der Waals surface area contributed by atoms with Crippen molar-refractivity contribution in [3.05, 3.63) is 44.3 Å². The van der Waals surface area contributed by atoms with E-state index in [1.54, 1.807) is 13.3 Å². The fourth-order valence-corrected chi connectivity index (χ4v) is 2.89. The van der Waals surface area contributed by atoms with Gasteiger partial charge in [-0.15, -0.1) is 11.3 Å². The zero-order valence-corrected chi connectivity index (χ0v) is 12.5. The fraction of sp³-hybridized carbons (Fsp3) is 0.231. The van der Waals surface area contributed by atoms with E-state index in [0.29, 0.717) is 11.3 Å². The number of aromatic nitrogens is 1. The molecule has 1 aromatic heterocycles. The lowest BCUT2D eigenvalue weighted by Crippen LogP contribution is -2.01. The molecule has 0 spiro atoms. The SMILES string of the molecule is COc1ccc(CC(=O)c2cnc(C)s2)cc1Br. The topological polar surface area (TPSA) is 39.2 Å². The summed E-state index contributed by atoms with van der Waals surface area (Å²) < 4.78 is 6.01. The Kier molecular flexibility index (Phi) is 4.14. The van der Waals surface area contributed by atoms with Crippen molar-refractivity contribution in [2.45, 2.75) is 13.3 Å². The summed E-state index contributed by atoms with van der Waals surface area (Å²) in [5, 5.41) is 0.911. The predicted molar refractivity (Wildman–Crippen MR) is 75.6 cm³/mol. The van der Waals surface area contributed by atoms with Crippen LogP contribution < -0.4 is 4.74 Å². The highest BCUT2D eigenvalue weighted by atomic mass is 79.9. The van der Waals surface area contributed by atoms with Gasteiger partial charge in [0.25, 0.3) is 0 Å². The fourth-order valence-electron chi connectivity index (χ4n) is 1.58. The van der Waals surface area contributed by atoms with E-state index in [-0.39, 0.29) is 5.78 Å². The summed E-state index contributed by atoms with van der Waals surface area (Å²) in [6.45, 7) is 1.89. The minimum atomic E-state index is 0.0951. The molecule has 0 aliphatic carbocycles. The third-order valence-corrected chi connectivity index (χ3v) is 4.05. The predicted octanol–water partition coefficient (Wildman–Crippen LogP) is 3.65. The smallest absolute Gasteiger partial charge is 0.178 e. The van der Waals surface area contributed by atoms with Crippen LogP contribution in [-0.4, -0.2) is 17.9 Å². The highest BCUT2D eigenvalue weighted by Crippen LogP contribution is 2.26. The molecule has 1 heterocycles. The number of thiazole rings is 1. The lowest BCUT2D eigenvalue weighted by molar-refractivity contribution is 0.0996. The molecule has 0 N–H and O–H groups in total. The minimum absolute atomic E-state index is 0.0951. The number of nitrogens with zero attached hydrogens (tertiary/aromatic N) is 1. The maximum absolute atomic E-state index is 12.0. The van der Waals surface area contributed by atoms with Gasteiger partial charge in [0.1, 0.15) is 5.75 Å². The molecule has 1 aromatic carbocycles. The van der Waals surface area contributed by atoms with E-state index >= 15 is 0 Å². The Morgan fingerprint density at radius 2 is 2.28 bits per heavy atom. The van der Waals surface area contributed by atoms with Gasteiger partial charge >= 0.3 is 0 Å². The zero-order chi connectivity index (χ0) is 13.1. The number of hydrogen-bond donors (Lipinski definition) is 0. The van der Waals surface area contributed by atoms with Crippen molar-refractivity contribution < 1.29 is 9.53 Å². The first-order chi connectivity index (χ1) is 8.60. The average Bonchev–Trinajstić information content (AvgIpc) is 2.76. The van der Waals surface area contributed by atoms with E-state index in [1.807, 2.05) is 25.1 Å². The number of ether oxygens (including phenoxy) is 1. The van der Waals surface area contributed by atoms with Crippen LogP contribution in [0.2, 0.25) is 0 Å². The standard InChI is InChI=1S/C13H12BrNO2S/c1-8-15-7-13(18-8)11(16)6-9-3-4-12(17-2)10(14)5-9/h3-5,7H,6H2,1-2H3. The number of halogens is 1. The van der Waals surface area contributed by atoms with Crippen molar-refractivity contribution in [1.82, 2.24) is 4.98 Å². The Bertz CT molecular complexity index is 580. The van der Waals surface area contributed by atoms with Crippen LogP contribution >= 0.6 is 27.3 Å². The molecule has 0 aliphatic rings. The lowest BCUT2D eigenvalue weighted by atomic mass is 10.1. The molecule has 0 fully saturated rings. The number of hydrogen-bond acceptors (Lipinski definition) is 4. The zero-order valence-electron chi connectivity index (χ0n) is 10.1. The summed E-state index contributed by atoms with van der Waals surface area (Å²) in [6.07, 6.45) is 2.02. The Morgan fingerprint density at radius 1 is 1.50 bits per heavy atom. The van der Waals surface area contributed by atoms with Crippen LogP contribution in [-0.2, 0) is 6.42 Å². The summed E-state index contributed by atoms with van der Waals surface area (Å²) in [5.41, 5.74) is 0.957. The van der Waals surface area contributed by atoms with Crippen molar-refractivity contribution >= 4 is 33.0 Å². The molecule has 0 aliphatic heterocycles. The molecule has 5 heteroatoms. The maximum Gasteiger partial charge on any atom is 0.178 e. The van der Waals surface area contributed by atoms with Crippen LogP contribution in [0, 0.1) is 6.92 Å². The van der Waals surface area contributed by atoms with Gasteiger partial charge in [0.05, 0.1) is 21.5 Å². The molecule has 0 amide bonds. The van der Waals surface area contributed by atoms with Crippen molar-refractivity contribution in [3.63, 3.8) is 0 Å². The van der Waals surface area contributed by atoms with Crippen LogP contribution in [0.15, 0.2) is 28.9 Å². The number of carbonyl (C=O) groups is 1. The molecule has 0 saturated carbocycles. The number of rotatable bonds is 4. The van der Waals surface area contributed by atoms with Crippen LogP contribution in [0.25, 0.3) is 0 Å². The highest BCUT2D eigenvalue weighted by molar-refractivity contribution is 9.10. The molecule has 0 saturated heterocycles. The van der Waals surface area contributed by atoms with Gasteiger partial charge in [-0.05, 0) is 40.5 Å². The normalized spacial score (nSPS) is 10.4. The van der Waals surface area contributed by atoms with Gasteiger partial charge in [0.15, 0.2) is 5.78 Å². The van der Waals surface area contributed by atoms with Crippen LogP contribution in [0.3, 0.4) is 0 Å². The van der Waals surface area contributed by atoms with E-state index in [4.69, 9.17) is 4.74 Å². The summed E-state index contributed by atoms with van der Waals surface area (Å²) in [6, 6.07) is 5.66. The van der Waals surface area contributed by atoms with E-state index in [0.717, 1.165) is 20.8 Å². The van der Waals surface area contributed by atoms with Crippen LogP contribution in [0.5, 0.6) is 5.75 Å². The second-order valence-corrected chi connectivity index (χ2v) is 5.90. The Labute approximate surface area is 118 Å². The van der Waals surface area contributed by atoms with Gasteiger partial charge in [-0.25, -0.2) is 4.98 Å². The van der Waals surface area contributed by atoms with E-state index in [9.17, 15) is 4.79 Å². The molecular weight excluding hydrogens is 314 g/mol. The Balaban J connectivity index is 2.14. The number of benzene rings is 1. The molecular formula is C13H12BrNO2S. The first-order valence-corrected chi connectivity index (χ1v) is 6.99. The largest absolute Gasteiger partial charge is 0.496 e. The highest BCUT2D eigenvalue weighted by Gasteiger charge is 2.11. The maximum atomic E-state index is 12.0. The van der Waals surface area contributed by atoms with E-state index < -0.39 is 0 Å². The first kappa shape index (κ1) is 13.2. The van der Waals surface area contributed by atoms with Gasteiger partial charge in [0, 0.05) is 12.6 Å². The third kappa shape index (κ3) is 2.97. The summed E-state index contributed by atoms with van der Waals surface area (Å²) in [5.74, 6) is 0.859. The Hall–Kier alpha value is -1.20. The lowest BCUT2D eigenvalue weighted by Gasteiger charge is -2.05. The molecule has 18 heavy (non-hydrogen) atoms. The summed E-state index contributed by atoms with van der Waals surface area (Å²) in [4.78, 5) is 16.8. The number of aryl methyl sites for hydroxylation is 1. The number of methoxy groups -OCH3 is 1. The molecule has 2 aromatic rings. The van der Waals surface area contributed by atoms with Crippen molar-refractivity contribution in [1.29, 1.82) is 0 Å². The van der Waals surface area contributed by atoms with Crippen LogP contribution in [0.1, 0.15) is 20.2 Å². The number of carbonyl (C=O) groups excluding carboxylic acids is 1. The van der Waals surface area contributed by atoms with E-state index in [1.165, 1.54) is 11.3 Å². The molecule has 94 valence electrons.